The van der Waals surface area contributed by atoms with Gasteiger partial charge in [0.15, 0.2) is 6.29 Å². The zero-order chi connectivity index (χ0) is 11.3. The van der Waals surface area contributed by atoms with Gasteiger partial charge in [-0.05, 0) is 12.0 Å². The van der Waals surface area contributed by atoms with E-state index in [-0.39, 0.29) is 0 Å². The Kier molecular flexibility index (Phi) is 4.52. The zero-order valence-corrected chi connectivity index (χ0v) is 10.2. The van der Waals surface area contributed by atoms with Crippen molar-refractivity contribution in [2.75, 3.05) is 26.5 Å². The normalized spacial score (nSPS) is 15.2. The summed E-state index contributed by atoms with van der Waals surface area (Å²) in [5, 5.41) is 0. The Hall–Kier alpha value is -0.630. The molecule has 0 aliphatic rings. The summed E-state index contributed by atoms with van der Waals surface area (Å²) >= 11 is 0. The first kappa shape index (κ1) is 12.4. The molecule has 0 radical (unpaired) electrons. The van der Waals surface area contributed by atoms with Crippen LogP contribution in [0.25, 0.3) is 0 Å². The van der Waals surface area contributed by atoms with Crippen LogP contribution in [-0.4, -0.2) is 31.4 Å². The monoisotopic (exact) mass is 228 g/mol. The molecule has 1 rings (SSSR count). The zero-order valence-electron chi connectivity index (χ0n) is 9.31. The molecule has 0 heterocycles. The van der Waals surface area contributed by atoms with E-state index < -0.39 is 7.37 Å². The Morgan fingerprint density at radius 2 is 1.87 bits per heavy atom. The summed E-state index contributed by atoms with van der Waals surface area (Å²) in [5.41, 5.74) is 1.13. The van der Waals surface area contributed by atoms with E-state index >= 15 is 0 Å². The number of quaternary nitrogens is 1. The molecule has 0 fully saturated rings. The van der Waals surface area contributed by atoms with Gasteiger partial charge in [-0.25, -0.2) is 0 Å². The molecule has 0 saturated carbocycles. The van der Waals surface area contributed by atoms with Crippen molar-refractivity contribution in [3.63, 3.8) is 0 Å². The number of hydrogen-bond acceptors (Lipinski definition) is 1. The Bertz CT molecular complexity index is 338. The van der Waals surface area contributed by atoms with E-state index in [0.717, 1.165) is 10.5 Å². The second-order valence-corrected chi connectivity index (χ2v) is 6.63. The van der Waals surface area contributed by atoms with E-state index in [1.165, 1.54) is 0 Å². The highest BCUT2D eigenvalue weighted by atomic mass is 31.2. The molecule has 84 valence electrons. The number of nitrogens with one attached hydrogen (secondary N) is 1. The molecule has 0 amide bonds. The summed E-state index contributed by atoms with van der Waals surface area (Å²) in [6.07, 6.45) is 1.41. The topological polar surface area (TPSA) is 41.7 Å². The van der Waals surface area contributed by atoms with Crippen molar-refractivity contribution >= 4 is 7.37 Å². The summed E-state index contributed by atoms with van der Waals surface area (Å²) in [4.78, 5) is 10.7. The van der Waals surface area contributed by atoms with Gasteiger partial charge in [0.1, 0.15) is 0 Å². The molecule has 3 nitrogen and oxygen atoms in total. The minimum Gasteiger partial charge on any atom is -0.340 e. The van der Waals surface area contributed by atoms with E-state index in [1.54, 1.807) is 0 Å². The third-order valence-electron chi connectivity index (χ3n) is 2.16. The smallest absolute Gasteiger partial charge is 0.253 e. The first-order valence-corrected chi connectivity index (χ1v) is 7.16. The van der Waals surface area contributed by atoms with Gasteiger partial charge >= 0.3 is 0 Å². The lowest BCUT2D eigenvalue weighted by Gasteiger charge is -2.13. The molecular formula is C11H19NO2P+. The van der Waals surface area contributed by atoms with E-state index in [4.69, 9.17) is 0 Å². The van der Waals surface area contributed by atoms with Gasteiger partial charge in [0.25, 0.3) is 7.37 Å². The van der Waals surface area contributed by atoms with E-state index in [2.05, 4.69) is 0 Å². The minimum atomic E-state index is -2.95. The fourth-order valence-electron chi connectivity index (χ4n) is 1.52. The van der Waals surface area contributed by atoms with Gasteiger partial charge in [0, 0.05) is 6.16 Å². The van der Waals surface area contributed by atoms with Gasteiger partial charge < -0.3 is 9.79 Å². The molecule has 2 N–H and O–H groups in total. The molecule has 1 aromatic rings. The maximum atomic E-state index is 11.7. The van der Waals surface area contributed by atoms with Crippen molar-refractivity contribution in [2.45, 2.75) is 6.42 Å². The quantitative estimate of drug-likeness (QED) is 0.725. The van der Waals surface area contributed by atoms with Crippen LogP contribution in [0, 0.1) is 0 Å². The highest BCUT2D eigenvalue weighted by Gasteiger charge is 2.21. The van der Waals surface area contributed by atoms with Crippen LogP contribution in [0.2, 0.25) is 0 Å². The Morgan fingerprint density at radius 3 is 2.40 bits per heavy atom. The van der Waals surface area contributed by atoms with Crippen LogP contribution in [0.5, 0.6) is 0 Å². The highest BCUT2D eigenvalue weighted by molar-refractivity contribution is 7.57. The van der Waals surface area contributed by atoms with E-state index in [1.807, 2.05) is 44.4 Å². The first-order chi connectivity index (χ1) is 6.99. The van der Waals surface area contributed by atoms with Crippen molar-refractivity contribution in [1.82, 2.24) is 0 Å². The molecule has 0 aliphatic heterocycles. The number of benzene rings is 1. The summed E-state index contributed by atoms with van der Waals surface area (Å²) in [6.45, 7) is 0. The third-order valence-corrected chi connectivity index (χ3v) is 4.20. The molecule has 1 unspecified atom stereocenters. The van der Waals surface area contributed by atoms with Crippen LogP contribution in [0.4, 0.5) is 0 Å². The molecule has 15 heavy (non-hydrogen) atoms. The van der Waals surface area contributed by atoms with Crippen LogP contribution in [0.1, 0.15) is 5.56 Å². The van der Waals surface area contributed by atoms with Gasteiger partial charge in [-0.1, -0.05) is 30.3 Å². The highest BCUT2D eigenvalue weighted by Crippen LogP contribution is 2.38. The predicted octanol–water partition coefficient (Wildman–Crippen LogP) is 0.601. The number of hydrogen-bond donors (Lipinski definition) is 2. The fourth-order valence-corrected chi connectivity index (χ4v) is 3.28. The Labute approximate surface area is 91.2 Å². The summed E-state index contributed by atoms with van der Waals surface area (Å²) in [6, 6.07) is 9.83. The average molecular weight is 228 g/mol. The van der Waals surface area contributed by atoms with Crippen LogP contribution < -0.4 is 4.90 Å². The maximum Gasteiger partial charge on any atom is 0.253 e. The van der Waals surface area contributed by atoms with E-state index in [0.29, 0.717) is 18.9 Å². The van der Waals surface area contributed by atoms with Crippen LogP contribution in [0.15, 0.2) is 30.3 Å². The van der Waals surface area contributed by atoms with Gasteiger partial charge in [-0.2, -0.15) is 0 Å². The summed E-state index contributed by atoms with van der Waals surface area (Å²) < 4.78 is 11.7. The summed E-state index contributed by atoms with van der Waals surface area (Å²) in [7, 11) is 0.837. The van der Waals surface area contributed by atoms with Crippen LogP contribution >= 0.6 is 7.37 Å². The Balaban J connectivity index is 2.46. The predicted molar refractivity (Wildman–Crippen MR) is 62.5 cm³/mol. The molecule has 0 saturated heterocycles. The lowest BCUT2D eigenvalue weighted by molar-refractivity contribution is -0.846. The standard InChI is InChI=1S/C11H18NO2P/c1-12(2)10-15(13,14)9-8-11-6-4-3-5-7-11/h3-7H,8-10H2,1-2H3,(H,13,14)/p+1. The van der Waals surface area contributed by atoms with Crippen LogP contribution in [0.3, 0.4) is 0 Å². The van der Waals surface area contributed by atoms with E-state index in [9.17, 15) is 9.46 Å². The first-order valence-electron chi connectivity index (χ1n) is 5.13. The van der Waals surface area contributed by atoms with Crippen molar-refractivity contribution < 1.29 is 14.4 Å². The van der Waals surface area contributed by atoms with Crippen molar-refractivity contribution in [2.24, 2.45) is 0 Å². The van der Waals surface area contributed by atoms with Crippen molar-refractivity contribution in [3.8, 4) is 0 Å². The van der Waals surface area contributed by atoms with Crippen molar-refractivity contribution in [3.05, 3.63) is 35.9 Å². The molecule has 0 aromatic heterocycles. The lowest BCUT2D eigenvalue weighted by atomic mass is 10.2. The van der Waals surface area contributed by atoms with Gasteiger partial charge in [-0.15, -0.1) is 0 Å². The minimum absolute atomic E-state index is 0.347. The average Bonchev–Trinajstić information content (AvgIpc) is 2.15. The molecule has 0 bridgehead atoms. The van der Waals surface area contributed by atoms with Crippen molar-refractivity contribution in [1.29, 1.82) is 0 Å². The molecule has 1 aromatic carbocycles. The van der Waals surface area contributed by atoms with Crippen LogP contribution in [-0.2, 0) is 11.0 Å². The van der Waals surface area contributed by atoms with Gasteiger partial charge in [0.05, 0.1) is 14.1 Å². The number of aryl methyl sites for hydroxylation is 1. The molecular weight excluding hydrogens is 209 g/mol. The molecule has 1 atom stereocenters. The largest absolute Gasteiger partial charge is 0.340 e. The lowest BCUT2D eigenvalue weighted by Crippen LogP contribution is -3.05. The maximum absolute atomic E-state index is 11.7. The second-order valence-electron chi connectivity index (χ2n) is 4.17. The third kappa shape index (κ3) is 5.12. The van der Waals surface area contributed by atoms with Gasteiger partial charge in [-0.3, -0.25) is 4.57 Å². The number of rotatable bonds is 5. The van der Waals surface area contributed by atoms with Gasteiger partial charge in [0.2, 0.25) is 0 Å². The Morgan fingerprint density at radius 1 is 1.27 bits per heavy atom. The fraction of sp³-hybridized carbons (Fsp3) is 0.455. The molecule has 4 heteroatoms. The summed E-state index contributed by atoms with van der Waals surface area (Å²) in [5.74, 6) is 0. The second kappa shape index (κ2) is 5.45. The molecule has 0 spiro atoms. The SMILES string of the molecule is C[NH+](C)CP(=O)(O)CCc1ccccc1. The molecule has 0 aliphatic carbocycles.